The highest BCUT2D eigenvalue weighted by atomic mass is 16.4. The zero-order valence-electron chi connectivity index (χ0n) is 13.4. The molecule has 1 heterocycles. The van der Waals surface area contributed by atoms with Crippen LogP contribution in [0.15, 0.2) is 18.2 Å². The molecule has 1 fully saturated rings. The molecule has 1 aromatic rings. The largest absolute Gasteiger partial charge is 0.481 e. The Labute approximate surface area is 131 Å². The summed E-state index contributed by atoms with van der Waals surface area (Å²) in [7, 11) is 0. The van der Waals surface area contributed by atoms with Gasteiger partial charge < -0.3 is 10.4 Å². The number of anilines is 1. The molecule has 1 aromatic carbocycles. The maximum atomic E-state index is 12.2. The van der Waals surface area contributed by atoms with Crippen LogP contribution < -0.4 is 5.32 Å². The molecule has 5 nitrogen and oxygen atoms in total. The van der Waals surface area contributed by atoms with E-state index < -0.39 is 5.97 Å². The van der Waals surface area contributed by atoms with Gasteiger partial charge in [0.05, 0.1) is 12.5 Å². The summed E-state index contributed by atoms with van der Waals surface area (Å²) in [5.41, 5.74) is 3.00. The van der Waals surface area contributed by atoms with Gasteiger partial charge in [-0.25, -0.2) is 0 Å². The van der Waals surface area contributed by atoms with Crippen LogP contribution in [0, 0.1) is 25.7 Å². The number of carbonyl (C=O) groups excluding carboxylic acids is 1. The number of carbonyl (C=O) groups is 2. The van der Waals surface area contributed by atoms with E-state index in [0.29, 0.717) is 18.9 Å². The van der Waals surface area contributed by atoms with Crippen LogP contribution in [0.25, 0.3) is 0 Å². The van der Waals surface area contributed by atoms with E-state index in [1.54, 1.807) is 0 Å². The molecule has 2 atom stereocenters. The molecule has 0 spiro atoms. The second kappa shape index (κ2) is 6.92. The number of aryl methyl sites for hydroxylation is 2. The van der Waals surface area contributed by atoms with Gasteiger partial charge in [-0.3, -0.25) is 14.5 Å². The highest BCUT2D eigenvalue weighted by Crippen LogP contribution is 2.21. The summed E-state index contributed by atoms with van der Waals surface area (Å²) >= 11 is 0. The topological polar surface area (TPSA) is 69.6 Å². The van der Waals surface area contributed by atoms with Gasteiger partial charge in [-0.05, 0) is 49.4 Å². The third kappa shape index (κ3) is 4.56. The van der Waals surface area contributed by atoms with Crippen LogP contribution in [-0.4, -0.2) is 41.5 Å². The first kappa shape index (κ1) is 16.5. The fourth-order valence-corrected chi connectivity index (χ4v) is 3.22. The van der Waals surface area contributed by atoms with E-state index in [0.717, 1.165) is 23.4 Å². The molecule has 0 aliphatic carbocycles. The number of aliphatic carboxylic acids is 1. The van der Waals surface area contributed by atoms with Gasteiger partial charge in [0.2, 0.25) is 5.91 Å². The van der Waals surface area contributed by atoms with E-state index in [9.17, 15) is 14.7 Å². The summed E-state index contributed by atoms with van der Waals surface area (Å²) in [6.45, 7) is 7.47. The second-order valence-corrected chi connectivity index (χ2v) is 6.49. The summed E-state index contributed by atoms with van der Waals surface area (Å²) in [6, 6.07) is 5.92. The molecule has 0 saturated carbocycles. The quantitative estimate of drug-likeness (QED) is 0.895. The van der Waals surface area contributed by atoms with Crippen molar-refractivity contribution in [3.8, 4) is 0 Å². The molecule has 1 aliphatic heterocycles. The highest BCUT2D eigenvalue weighted by molar-refractivity contribution is 5.92. The molecule has 0 radical (unpaired) electrons. The van der Waals surface area contributed by atoms with Gasteiger partial charge in [0.15, 0.2) is 0 Å². The SMILES string of the molecule is Cc1cc(C)cc(NC(=O)CN2CC(C)CC(C(=O)O)C2)c1. The third-order valence-corrected chi connectivity index (χ3v) is 3.96. The maximum absolute atomic E-state index is 12.2. The molecule has 2 unspecified atom stereocenters. The fraction of sp³-hybridized carbons (Fsp3) is 0.529. The lowest BCUT2D eigenvalue weighted by molar-refractivity contribution is -0.144. The molecule has 2 N–H and O–H groups in total. The molecule has 2 rings (SSSR count). The van der Waals surface area contributed by atoms with E-state index in [1.807, 2.05) is 37.8 Å². The van der Waals surface area contributed by atoms with Gasteiger partial charge in [0.25, 0.3) is 0 Å². The third-order valence-electron chi connectivity index (χ3n) is 3.96. The number of nitrogens with zero attached hydrogens (tertiary/aromatic N) is 1. The summed E-state index contributed by atoms with van der Waals surface area (Å²) in [5, 5.41) is 12.1. The molecule has 1 saturated heterocycles. The molecular weight excluding hydrogens is 280 g/mol. The number of amides is 1. The van der Waals surface area contributed by atoms with Crippen LogP contribution in [0.5, 0.6) is 0 Å². The van der Waals surface area contributed by atoms with Crippen LogP contribution >= 0.6 is 0 Å². The Kier molecular flexibility index (Phi) is 5.19. The van der Waals surface area contributed by atoms with Gasteiger partial charge >= 0.3 is 5.97 Å². The van der Waals surface area contributed by atoms with Crippen LogP contribution in [0.1, 0.15) is 24.5 Å². The summed E-state index contributed by atoms with van der Waals surface area (Å²) in [6.07, 6.45) is 0.685. The number of carboxylic acid groups (broad SMARTS) is 1. The lowest BCUT2D eigenvalue weighted by atomic mass is 9.90. The van der Waals surface area contributed by atoms with E-state index in [1.165, 1.54) is 0 Å². The summed E-state index contributed by atoms with van der Waals surface area (Å²) in [4.78, 5) is 25.3. The normalized spacial score (nSPS) is 22.3. The van der Waals surface area contributed by atoms with Crippen LogP contribution in [0.3, 0.4) is 0 Å². The van der Waals surface area contributed by atoms with Crippen molar-refractivity contribution in [3.05, 3.63) is 29.3 Å². The number of rotatable bonds is 4. The number of benzene rings is 1. The summed E-state index contributed by atoms with van der Waals surface area (Å²) in [5.74, 6) is -0.948. The van der Waals surface area contributed by atoms with Crippen molar-refractivity contribution in [1.82, 2.24) is 4.90 Å². The monoisotopic (exact) mass is 304 g/mol. The van der Waals surface area contributed by atoms with E-state index in [-0.39, 0.29) is 18.4 Å². The first-order chi connectivity index (χ1) is 10.3. The zero-order valence-corrected chi connectivity index (χ0v) is 13.4. The van der Waals surface area contributed by atoms with Gasteiger partial charge in [-0.2, -0.15) is 0 Å². The molecule has 5 heteroatoms. The molecule has 22 heavy (non-hydrogen) atoms. The van der Waals surface area contributed by atoms with Gasteiger partial charge in [0, 0.05) is 18.8 Å². The Morgan fingerprint density at radius 2 is 1.86 bits per heavy atom. The number of likely N-dealkylation sites (tertiary alicyclic amines) is 1. The van der Waals surface area contributed by atoms with Crippen molar-refractivity contribution < 1.29 is 14.7 Å². The van der Waals surface area contributed by atoms with Gasteiger partial charge in [-0.15, -0.1) is 0 Å². The molecular formula is C17H24N2O3. The standard InChI is InChI=1S/C17H24N2O3/c1-11-4-12(2)7-15(6-11)18-16(20)10-19-8-13(3)5-14(9-19)17(21)22/h4,6-7,13-14H,5,8-10H2,1-3H3,(H,18,20)(H,21,22). The van der Waals surface area contributed by atoms with Crippen molar-refractivity contribution in [2.24, 2.45) is 11.8 Å². The van der Waals surface area contributed by atoms with Crippen molar-refractivity contribution >= 4 is 17.6 Å². The molecule has 1 amide bonds. The number of piperidine rings is 1. The van der Waals surface area contributed by atoms with Crippen LogP contribution in [-0.2, 0) is 9.59 Å². The van der Waals surface area contributed by atoms with Gasteiger partial charge in [0.1, 0.15) is 0 Å². The lowest BCUT2D eigenvalue weighted by Gasteiger charge is -2.34. The van der Waals surface area contributed by atoms with E-state index in [4.69, 9.17) is 0 Å². The zero-order chi connectivity index (χ0) is 16.3. The minimum Gasteiger partial charge on any atom is -0.481 e. The predicted molar refractivity (Wildman–Crippen MR) is 85.9 cm³/mol. The summed E-state index contributed by atoms with van der Waals surface area (Å²) < 4.78 is 0. The van der Waals surface area contributed by atoms with E-state index in [2.05, 4.69) is 11.4 Å². The Balaban J connectivity index is 1.95. The van der Waals surface area contributed by atoms with E-state index >= 15 is 0 Å². The Hall–Kier alpha value is -1.88. The average molecular weight is 304 g/mol. The van der Waals surface area contributed by atoms with Crippen LogP contribution in [0.2, 0.25) is 0 Å². The minimum absolute atomic E-state index is 0.0942. The van der Waals surface area contributed by atoms with Crippen molar-refractivity contribution in [1.29, 1.82) is 0 Å². The molecule has 0 aromatic heterocycles. The van der Waals surface area contributed by atoms with Gasteiger partial charge in [-0.1, -0.05) is 13.0 Å². The number of carboxylic acids is 1. The number of hydrogen-bond acceptors (Lipinski definition) is 3. The first-order valence-electron chi connectivity index (χ1n) is 7.67. The number of hydrogen-bond donors (Lipinski definition) is 2. The Bertz CT molecular complexity index is 551. The predicted octanol–water partition coefficient (Wildman–Crippen LogP) is 2.28. The lowest BCUT2D eigenvalue weighted by Crippen LogP contribution is -2.45. The van der Waals surface area contributed by atoms with Crippen LogP contribution in [0.4, 0.5) is 5.69 Å². The average Bonchev–Trinajstić information content (AvgIpc) is 2.36. The molecule has 120 valence electrons. The first-order valence-corrected chi connectivity index (χ1v) is 7.67. The molecule has 0 bridgehead atoms. The molecule has 1 aliphatic rings. The Morgan fingerprint density at radius 1 is 1.23 bits per heavy atom. The van der Waals surface area contributed by atoms with Crippen molar-refractivity contribution in [2.45, 2.75) is 27.2 Å². The second-order valence-electron chi connectivity index (χ2n) is 6.49. The smallest absolute Gasteiger partial charge is 0.307 e. The highest BCUT2D eigenvalue weighted by Gasteiger charge is 2.30. The Morgan fingerprint density at radius 3 is 2.45 bits per heavy atom. The fourth-order valence-electron chi connectivity index (χ4n) is 3.22. The van der Waals surface area contributed by atoms with Crippen molar-refractivity contribution in [3.63, 3.8) is 0 Å². The van der Waals surface area contributed by atoms with Crippen molar-refractivity contribution in [2.75, 3.05) is 25.0 Å². The maximum Gasteiger partial charge on any atom is 0.307 e. The number of nitrogens with one attached hydrogen (secondary N) is 1. The minimum atomic E-state index is -0.772.